The summed E-state index contributed by atoms with van der Waals surface area (Å²) in [6, 6.07) is 5.48. The smallest absolute Gasteiger partial charge is 0.168 e. The highest BCUT2D eigenvalue weighted by atomic mass is 35.5. The maximum Gasteiger partial charge on any atom is 0.168 e. The number of hydrogen-bond donors (Lipinski definition) is 0. The van der Waals surface area contributed by atoms with Crippen LogP contribution in [0.25, 0.3) is 0 Å². The number of carbonyl (C=O) groups excluding carboxylic acids is 1. The van der Waals surface area contributed by atoms with E-state index in [0.29, 0.717) is 11.6 Å². The molecule has 1 aromatic rings. The lowest BCUT2D eigenvalue weighted by molar-refractivity contribution is 0.0461. The molecule has 1 atom stereocenters. The molecule has 2 rings (SSSR count). The minimum Gasteiger partial charge on any atom is -0.381 e. The number of ketones is 1. The Morgan fingerprint density at radius 2 is 2.31 bits per heavy atom. The van der Waals surface area contributed by atoms with Gasteiger partial charge in [-0.3, -0.25) is 4.79 Å². The summed E-state index contributed by atoms with van der Waals surface area (Å²) < 4.78 is 5.34. The van der Waals surface area contributed by atoms with E-state index < -0.39 is 0 Å². The van der Waals surface area contributed by atoms with Gasteiger partial charge >= 0.3 is 0 Å². The zero-order valence-electron chi connectivity index (χ0n) is 9.33. The van der Waals surface area contributed by atoms with Crippen LogP contribution >= 0.6 is 11.6 Å². The van der Waals surface area contributed by atoms with E-state index in [2.05, 4.69) is 0 Å². The van der Waals surface area contributed by atoms with Gasteiger partial charge in [-0.15, -0.1) is 0 Å². The molecule has 0 spiro atoms. The van der Waals surface area contributed by atoms with Gasteiger partial charge in [-0.2, -0.15) is 0 Å². The molecule has 0 aliphatic carbocycles. The number of halogens is 1. The molecule has 1 fully saturated rings. The normalized spacial score (nSPS) is 20.8. The Balaban J connectivity index is 2.22. The Kier molecular flexibility index (Phi) is 3.62. The molecule has 0 amide bonds. The molecule has 1 aliphatic rings. The largest absolute Gasteiger partial charge is 0.381 e. The van der Waals surface area contributed by atoms with Crippen molar-refractivity contribution < 1.29 is 9.53 Å². The molecule has 16 heavy (non-hydrogen) atoms. The molecule has 1 unspecified atom stereocenters. The van der Waals surface area contributed by atoms with E-state index >= 15 is 0 Å². The van der Waals surface area contributed by atoms with Gasteiger partial charge in [0.1, 0.15) is 0 Å². The van der Waals surface area contributed by atoms with Crippen LogP contribution in [-0.2, 0) is 4.74 Å². The quantitative estimate of drug-likeness (QED) is 0.740. The molecule has 1 aromatic carbocycles. The molecule has 86 valence electrons. The fourth-order valence-electron chi connectivity index (χ4n) is 2.04. The molecule has 3 heteroatoms. The fraction of sp³-hybridized carbons (Fsp3) is 0.462. The van der Waals surface area contributed by atoms with Gasteiger partial charge in [-0.1, -0.05) is 23.7 Å². The van der Waals surface area contributed by atoms with Crippen LogP contribution < -0.4 is 0 Å². The second-order valence-corrected chi connectivity index (χ2v) is 4.60. The molecule has 0 N–H and O–H groups in total. The van der Waals surface area contributed by atoms with Crippen molar-refractivity contribution in [3.63, 3.8) is 0 Å². The average Bonchev–Trinajstić information content (AvgIpc) is 2.33. The zero-order chi connectivity index (χ0) is 11.5. The Hall–Kier alpha value is -0.860. The number of carbonyl (C=O) groups is 1. The molecular weight excluding hydrogens is 224 g/mol. The highest BCUT2D eigenvalue weighted by Gasteiger charge is 2.24. The second kappa shape index (κ2) is 4.98. The standard InChI is InChI=1S/C13H15ClO2/c1-9-11(5-2-6-12(9)14)13(15)10-4-3-7-16-8-10/h2,5-6,10H,3-4,7-8H2,1H3. The molecule has 0 aromatic heterocycles. The zero-order valence-corrected chi connectivity index (χ0v) is 10.1. The molecule has 1 saturated heterocycles. The molecular formula is C13H15ClO2. The molecule has 0 radical (unpaired) electrons. The van der Waals surface area contributed by atoms with Crippen molar-refractivity contribution in [2.75, 3.05) is 13.2 Å². The Morgan fingerprint density at radius 1 is 1.50 bits per heavy atom. The van der Waals surface area contributed by atoms with Crippen LogP contribution in [0.4, 0.5) is 0 Å². The maximum atomic E-state index is 12.2. The fourth-order valence-corrected chi connectivity index (χ4v) is 2.22. The van der Waals surface area contributed by atoms with Crippen molar-refractivity contribution in [3.05, 3.63) is 34.3 Å². The van der Waals surface area contributed by atoms with E-state index in [9.17, 15) is 4.79 Å². The van der Waals surface area contributed by atoms with Crippen molar-refractivity contribution in [1.29, 1.82) is 0 Å². The van der Waals surface area contributed by atoms with E-state index in [0.717, 1.165) is 30.6 Å². The van der Waals surface area contributed by atoms with Gasteiger partial charge in [0.2, 0.25) is 0 Å². The number of rotatable bonds is 2. The highest BCUT2D eigenvalue weighted by molar-refractivity contribution is 6.31. The van der Waals surface area contributed by atoms with Crippen molar-refractivity contribution in [1.82, 2.24) is 0 Å². The van der Waals surface area contributed by atoms with Crippen molar-refractivity contribution >= 4 is 17.4 Å². The van der Waals surface area contributed by atoms with Gasteiger partial charge < -0.3 is 4.74 Å². The van der Waals surface area contributed by atoms with Crippen LogP contribution in [-0.4, -0.2) is 19.0 Å². The van der Waals surface area contributed by atoms with E-state index in [1.54, 1.807) is 0 Å². The van der Waals surface area contributed by atoms with E-state index in [-0.39, 0.29) is 11.7 Å². The van der Waals surface area contributed by atoms with Crippen molar-refractivity contribution in [3.8, 4) is 0 Å². The van der Waals surface area contributed by atoms with Crippen LogP contribution in [0.2, 0.25) is 5.02 Å². The van der Waals surface area contributed by atoms with E-state index in [4.69, 9.17) is 16.3 Å². The summed E-state index contributed by atoms with van der Waals surface area (Å²) in [5, 5.41) is 0.655. The van der Waals surface area contributed by atoms with Crippen LogP contribution in [0.3, 0.4) is 0 Å². The topological polar surface area (TPSA) is 26.3 Å². The molecule has 0 saturated carbocycles. The summed E-state index contributed by atoms with van der Waals surface area (Å²) >= 11 is 6.01. The second-order valence-electron chi connectivity index (χ2n) is 4.19. The third-order valence-electron chi connectivity index (χ3n) is 3.06. The maximum absolute atomic E-state index is 12.2. The first-order chi connectivity index (χ1) is 7.70. The summed E-state index contributed by atoms with van der Waals surface area (Å²) in [5.74, 6) is 0.172. The monoisotopic (exact) mass is 238 g/mol. The minimum atomic E-state index is 0.00548. The number of ether oxygens (including phenoxy) is 1. The third-order valence-corrected chi connectivity index (χ3v) is 3.47. The first-order valence-corrected chi connectivity index (χ1v) is 5.95. The summed E-state index contributed by atoms with van der Waals surface area (Å²) in [5.41, 5.74) is 1.61. The van der Waals surface area contributed by atoms with Crippen molar-refractivity contribution in [2.45, 2.75) is 19.8 Å². The Morgan fingerprint density at radius 3 is 3.00 bits per heavy atom. The molecule has 1 heterocycles. The third kappa shape index (κ3) is 2.28. The van der Waals surface area contributed by atoms with Gasteiger partial charge in [-0.05, 0) is 31.4 Å². The lowest BCUT2D eigenvalue weighted by Gasteiger charge is -2.21. The van der Waals surface area contributed by atoms with Crippen LogP contribution in [0.5, 0.6) is 0 Å². The summed E-state index contributed by atoms with van der Waals surface area (Å²) in [4.78, 5) is 12.2. The summed E-state index contributed by atoms with van der Waals surface area (Å²) in [7, 11) is 0. The van der Waals surface area contributed by atoms with Crippen molar-refractivity contribution in [2.24, 2.45) is 5.92 Å². The first kappa shape index (κ1) is 11.6. The van der Waals surface area contributed by atoms with Gasteiger partial charge in [0.05, 0.1) is 6.61 Å². The van der Waals surface area contributed by atoms with E-state index in [1.807, 2.05) is 25.1 Å². The Bertz CT molecular complexity index is 395. The minimum absolute atomic E-state index is 0.00548. The molecule has 0 bridgehead atoms. The molecule has 1 aliphatic heterocycles. The summed E-state index contributed by atoms with van der Waals surface area (Å²) in [6.45, 7) is 3.21. The van der Waals surface area contributed by atoms with Crippen LogP contribution in [0.1, 0.15) is 28.8 Å². The highest BCUT2D eigenvalue weighted by Crippen LogP contribution is 2.24. The van der Waals surface area contributed by atoms with Crippen LogP contribution in [0, 0.1) is 12.8 Å². The SMILES string of the molecule is Cc1c(Cl)cccc1C(=O)C1CCCOC1. The lowest BCUT2D eigenvalue weighted by atomic mass is 9.91. The van der Waals surface area contributed by atoms with E-state index in [1.165, 1.54) is 0 Å². The van der Waals surface area contributed by atoms with Gasteiger partial charge in [-0.25, -0.2) is 0 Å². The van der Waals surface area contributed by atoms with Gasteiger partial charge in [0.25, 0.3) is 0 Å². The van der Waals surface area contributed by atoms with Gasteiger partial charge in [0.15, 0.2) is 5.78 Å². The first-order valence-electron chi connectivity index (χ1n) is 5.57. The predicted octanol–water partition coefficient (Wildman–Crippen LogP) is 3.26. The van der Waals surface area contributed by atoms with Crippen LogP contribution in [0.15, 0.2) is 18.2 Å². The summed E-state index contributed by atoms with van der Waals surface area (Å²) in [6.07, 6.45) is 1.89. The number of benzene rings is 1. The average molecular weight is 239 g/mol. The molecule has 2 nitrogen and oxygen atoms in total. The lowest BCUT2D eigenvalue weighted by Crippen LogP contribution is -2.25. The predicted molar refractivity (Wildman–Crippen MR) is 64.1 cm³/mol. The number of Topliss-reactive ketones (excluding diaryl/α,β-unsaturated/α-hetero) is 1. The number of hydrogen-bond acceptors (Lipinski definition) is 2. The Labute approximate surface area is 101 Å². The van der Waals surface area contributed by atoms with Gasteiger partial charge in [0, 0.05) is 23.1 Å².